The van der Waals surface area contributed by atoms with Crippen LogP contribution in [0.3, 0.4) is 0 Å². The van der Waals surface area contributed by atoms with Gasteiger partial charge in [-0.3, -0.25) is 4.90 Å². The number of likely N-dealkylation sites (tertiary alicyclic amines) is 1. The number of nitrogens with zero attached hydrogens (tertiary/aromatic N) is 1. The van der Waals surface area contributed by atoms with Crippen LogP contribution in [0.25, 0.3) is 0 Å². The van der Waals surface area contributed by atoms with Crippen molar-refractivity contribution < 1.29 is 4.74 Å². The molecule has 0 saturated carbocycles. The Labute approximate surface area is 140 Å². The van der Waals surface area contributed by atoms with E-state index in [0.717, 1.165) is 12.3 Å². The average molecular weight is 323 g/mol. The van der Waals surface area contributed by atoms with Gasteiger partial charge in [-0.15, -0.1) is 12.4 Å². The maximum absolute atomic E-state index is 5.53. The third kappa shape index (κ3) is 4.25. The quantitative estimate of drug-likeness (QED) is 0.842. The molecule has 2 fully saturated rings. The third-order valence-corrected chi connectivity index (χ3v) is 4.88. The summed E-state index contributed by atoms with van der Waals surface area (Å²) in [5.74, 6) is 0.926. The van der Waals surface area contributed by atoms with Crippen molar-refractivity contribution in [2.45, 2.75) is 25.8 Å². The Bertz CT molecular complexity index is 468. The zero-order valence-corrected chi connectivity index (χ0v) is 14.0. The van der Waals surface area contributed by atoms with E-state index in [9.17, 15) is 0 Å². The summed E-state index contributed by atoms with van der Waals surface area (Å²) < 4.78 is 5.53. The molecule has 0 atom stereocenters. The zero-order valence-electron chi connectivity index (χ0n) is 13.2. The van der Waals surface area contributed by atoms with Crippen molar-refractivity contribution in [3.63, 3.8) is 0 Å². The zero-order chi connectivity index (χ0) is 14.5. The van der Waals surface area contributed by atoms with Gasteiger partial charge in [0.05, 0.1) is 0 Å². The molecule has 0 unspecified atom stereocenters. The van der Waals surface area contributed by atoms with Crippen molar-refractivity contribution in [2.75, 3.05) is 32.8 Å². The van der Waals surface area contributed by atoms with Gasteiger partial charge in [0.25, 0.3) is 0 Å². The molecule has 2 aliphatic heterocycles. The normalized spacial score (nSPS) is 20.5. The van der Waals surface area contributed by atoms with E-state index in [0.29, 0.717) is 12.0 Å². The Hall–Kier alpha value is -1.03. The second-order valence-corrected chi connectivity index (χ2v) is 6.45. The van der Waals surface area contributed by atoms with E-state index in [1.54, 1.807) is 6.08 Å². The van der Waals surface area contributed by atoms with Gasteiger partial charge in [0.1, 0.15) is 12.4 Å². The molecule has 1 N–H and O–H groups in total. The van der Waals surface area contributed by atoms with Gasteiger partial charge >= 0.3 is 0 Å². The van der Waals surface area contributed by atoms with Crippen molar-refractivity contribution in [1.29, 1.82) is 0 Å². The lowest BCUT2D eigenvalue weighted by atomic mass is 9.78. The van der Waals surface area contributed by atoms with Crippen molar-refractivity contribution in [1.82, 2.24) is 10.2 Å². The van der Waals surface area contributed by atoms with Crippen molar-refractivity contribution >= 4 is 12.4 Å². The summed E-state index contributed by atoms with van der Waals surface area (Å²) in [6.45, 7) is 10.2. The largest absolute Gasteiger partial charge is 0.490 e. The number of halogens is 1. The van der Waals surface area contributed by atoms with Gasteiger partial charge in [-0.2, -0.15) is 0 Å². The summed E-state index contributed by atoms with van der Waals surface area (Å²) in [6, 6.07) is 8.50. The minimum Gasteiger partial charge on any atom is -0.490 e. The van der Waals surface area contributed by atoms with E-state index in [1.165, 1.54) is 51.0 Å². The molecule has 0 bridgehead atoms. The minimum absolute atomic E-state index is 0. The van der Waals surface area contributed by atoms with Crippen LogP contribution in [-0.4, -0.2) is 37.7 Å². The maximum Gasteiger partial charge on any atom is 0.119 e. The predicted octanol–water partition coefficient (Wildman–Crippen LogP) is 3.25. The van der Waals surface area contributed by atoms with Gasteiger partial charge in [0.15, 0.2) is 0 Å². The van der Waals surface area contributed by atoms with Gasteiger partial charge in [0, 0.05) is 13.1 Å². The SMILES string of the molecule is C=CCOc1ccc(CN2CCC3(CCNCC3)C2)cc1.Cl. The lowest BCUT2D eigenvalue weighted by molar-refractivity contribution is 0.194. The maximum atomic E-state index is 5.53. The summed E-state index contributed by atoms with van der Waals surface area (Å²) in [4.78, 5) is 2.62. The van der Waals surface area contributed by atoms with Crippen LogP contribution >= 0.6 is 12.4 Å². The Morgan fingerprint density at radius 3 is 2.59 bits per heavy atom. The molecule has 0 aliphatic carbocycles. The highest BCUT2D eigenvalue weighted by atomic mass is 35.5. The molecule has 2 saturated heterocycles. The molecule has 3 nitrogen and oxygen atoms in total. The summed E-state index contributed by atoms with van der Waals surface area (Å²) in [6.07, 6.45) is 5.83. The van der Waals surface area contributed by atoms with Crippen molar-refractivity contribution in [2.24, 2.45) is 5.41 Å². The van der Waals surface area contributed by atoms with Gasteiger partial charge < -0.3 is 10.1 Å². The minimum atomic E-state index is 0. The van der Waals surface area contributed by atoms with Crippen LogP contribution in [0.1, 0.15) is 24.8 Å². The second kappa shape index (κ2) is 8.00. The molecule has 22 heavy (non-hydrogen) atoms. The van der Waals surface area contributed by atoms with Gasteiger partial charge in [-0.05, 0) is 62.0 Å². The van der Waals surface area contributed by atoms with E-state index >= 15 is 0 Å². The lowest BCUT2D eigenvalue weighted by Crippen LogP contribution is -2.38. The monoisotopic (exact) mass is 322 g/mol. The molecule has 1 spiro atoms. The molecule has 2 heterocycles. The van der Waals surface area contributed by atoms with E-state index in [4.69, 9.17) is 4.74 Å². The summed E-state index contributed by atoms with van der Waals surface area (Å²) in [5, 5.41) is 3.48. The Kier molecular flexibility index (Phi) is 6.30. The molecule has 4 heteroatoms. The fraction of sp³-hybridized carbons (Fsp3) is 0.556. The van der Waals surface area contributed by atoms with E-state index in [1.807, 2.05) is 0 Å². The smallest absolute Gasteiger partial charge is 0.119 e. The highest BCUT2D eigenvalue weighted by Crippen LogP contribution is 2.39. The van der Waals surface area contributed by atoms with Crippen LogP contribution in [0.4, 0.5) is 0 Å². The molecule has 1 aromatic carbocycles. The predicted molar refractivity (Wildman–Crippen MR) is 93.8 cm³/mol. The van der Waals surface area contributed by atoms with Crippen LogP contribution in [0.15, 0.2) is 36.9 Å². The molecule has 0 radical (unpaired) electrons. The van der Waals surface area contributed by atoms with E-state index in [-0.39, 0.29) is 12.4 Å². The van der Waals surface area contributed by atoms with Crippen LogP contribution < -0.4 is 10.1 Å². The average Bonchev–Trinajstić information content (AvgIpc) is 2.89. The Morgan fingerprint density at radius 1 is 1.18 bits per heavy atom. The third-order valence-electron chi connectivity index (χ3n) is 4.88. The molecular weight excluding hydrogens is 296 g/mol. The highest BCUT2D eigenvalue weighted by molar-refractivity contribution is 5.85. The van der Waals surface area contributed by atoms with Crippen molar-refractivity contribution in [3.05, 3.63) is 42.5 Å². The first-order valence-corrected chi connectivity index (χ1v) is 8.05. The van der Waals surface area contributed by atoms with Crippen molar-refractivity contribution in [3.8, 4) is 5.75 Å². The molecule has 2 aliphatic rings. The highest BCUT2D eigenvalue weighted by Gasteiger charge is 2.38. The van der Waals surface area contributed by atoms with E-state index in [2.05, 4.69) is 41.1 Å². The summed E-state index contributed by atoms with van der Waals surface area (Å²) in [5.41, 5.74) is 1.98. The summed E-state index contributed by atoms with van der Waals surface area (Å²) in [7, 11) is 0. The number of benzene rings is 1. The number of nitrogens with one attached hydrogen (secondary N) is 1. The van der Waals surface area contributed by atoms with Crippen LogP contribution in [0, 0.1) is 5.41 Å². The van der Waals surface area contributed by atoms with Gasteiger partial charge in [-0.1, -0.05) is 24.8 Å². The Balaban J connectivity index is 0.00000176. The Morgan fingerprint density at radius 2 is 1.91 bits per heavy atom. The molecular formula is C18H27ClN2O. The standard InChI is InChI=1S/C18H26N2O.ClH/c1-2-13-21-17-5-3-16(4-6-17)14-20-12-9-18(15-20)7-10-19-11-8-18;/h2-6,19H,1,7-15H2;1H. The fourth-order valence-corrected chi connectivity index (χ4v) is 3.63. The second-order valence-electron chi connectivity index (χ2n) is 6.45. The molecule has 1 aromatic rings. The first-order chi connectivity index (χ1) is 10.3. The number of rotatable bonds is 5. The first-order valence-electron chi connectivity index (χ1n) is 8.05. The lowest BCUT2D eigenvalue weighted by Gasteiger charge is -2.33. The molecule has 3 rings (SSSR count). The molecule has 122 valence electrons. The van der Waals surface area contributed by atoms with Crippen LogP contribution in [-0.2, 0) is 6.54 Å². The van der Waals surface area contributed by atoms with Crippen LogP contribution in [0.5, 0.6) is 5.75 Å². The van der Waals surface area contributed by atoms with Crippen LogP contribution in [0.2, 0.25) is 0 Å². The fourth-order valence-electron chi connectivity index (χ4n) is 3.63. The number of hydrogen-bond donors (Lipinski definition) is 1. The molecule has 0 aromatic heterocycles. The number of hydrogen-bond acceptors (Lipinski definition) is 3. The topological polar surface area (TPSA) is 24.5 Å². The number of ether oxygens (including phenoxy) is 1. The number of piperidine rings is 1. The summed E-state index contributed by atoms with van der Waals surface area (Å²) >= 11 is 0. The first kappa shape index (κ1) is 17.3. The van der Waals surface area contributed by atoms with Gasteiger partial charge in [-0.25, -0.2) is 0 Å². The van der Waals surface area contributed by atoms with Gasteiger partial charge in [0.2, 0.25) is 0 Å². The molecule has 0 amide bonds. The van der Waals surface area contributed by atoms with E-state index < -0.39 is 0 Å².